The molecule has 7 rings (SSSR count). The van der Waals surface area contributed by atoms with Gasteiger partial charge in [-0.2, -0.15) is 0 Å². The molecule has 0 aromatic carbocycles. The second-order valence-electron chi connectivity index (χ2n) is 10.6. The number of hydrogen-bond donors (Lipinski definition) is 2. The highest BCUT2D eigenvalue weighted by molar-refractivity contribution is 5.32. The van der Waals surface area contributed by atoms with E-state index in [1.165, 1.54) is 51.5 Å². The molecule has 10 atom stereocenters. The van der Waals surface area contributed by atoms with Crippen molar-refractivity contribution in [2.75, 3.05) is 19.6 Å². The first-order chi connectivity index (χ1) is 11.8. The van der Waals surface area contributed by atoms with Gasteiger partial charge in [-0.05, 0) is 79.4 Å². The van der Waals surface area contributed by atoms with Gasteiger partial charge >= 0.3 is 0 Å². The van der Waals surface area contributed by atoms with E-state index in [4.69, 9.17) is 0 Å². The summed E-state index contributed by atoms with van der Waals surface area (Å²) in [5.74, 6) is 7.12. The standard InChI is InChI=1S/C21H32N2O/c24-21(10-22-9-12-5-6-23(12)11-3-1-2-4-11)19-14-8-15-17-13(14)7-16(19)18(17)20(15)21/h11-20,22,24H,1-10H2. The second kappa shape index (κ2) is 4.40. The normalized spacial score (nSPS) is 62.6. The fourth-order valence-corrected chi connectivity index (χ4v) is 9.80. The molecule has 1 heterocycles. The van der Waals surface area contributed by atoms with E-state index in [-0.39, 0.29) is 5.60 Å². The van der Waals surface area contributed by atoms with Gasteiger partial charge in [0.15, 0.2) is 0 Å². The molecule has 1 saturated heterocycles. The maximum absolute atomic E-state index is 11.7. The Balaban J connectivity index is 1.03. The molecule has 0 aromatic rings. The van der Waals surface area contributed by atoms with Crippen LogP contribution in [0.25, 0.3) is 0 Å². The van der Waals surface area contributed by atoms with Crippen molar-refractivity contribution in [3.63, 3.8) is 0 Å². The van der Waals surface area contributed by atoms with Crippen LogP contribution in [0.3, 0.4) is 0 Å². The van der Waals surface area contributed by atoms with E-state index < -0.39 is 0 Å². The van der Waals surface area contributed by atoms with E-state index in [1.807, 2.05) is 0 Å². The van der Waals surface area contributed by atoms with Gasteiger partial charge < -0.3 is 10.4 Å². The molecule has 2 N–H and O–H groups in total. The van der Waals surface area contributed by atoms with Crippen molar-refractivity contribution in [3.05, 3.63) is 0 Å². The average Bonchev–Trinajstić information content (AvgIpc) is 3.20. The lowest BCUT2D eigenvalue weighted by Crippen LogP contribution is -2.61. The molecule has 0 amide bonds. The van der Waals surface area contributed by atoms with Gasteiger partial charge in [-0.15, -0.1) is 0 Å². The van der Waals surface area contributed by atoms with E-state index in [0.29, 0.717) is 11.8 Å². The van der Waals surface area contributed by atoms with Gasteiger partial charge in [0.1, 0.15) is 0 Å². The number of aliphatic hydroxyl groups is 1. The fraction of sp³-hybridized carbons (Fsp3) is 1.00. The van der Waals surface area contributed by atoms with Crippen LogP contribution in [0.2, 0.25) is 0 Å². The first kappa shape index (κ1) is 14.0. The van der Waals surface area contributed by atoms with E-state index in [0.717, 1.165) is 60.7 Å². The third-order valence-electron chi connectivity index (χ3n) is 10.3. The van der Waals surface area contributed by atoms with E-state index in [1.54, 1.807) is 0 Å². The first-order valence-electron chi connectivity index (χ1n) is 11.0. The van der Waals surface area contributed by atoms with Crippen LogP contribution in [0.15, 0.2) is 0 Å². The van der Waals surface area contributed by atoms with Crippen LogP contribution in [-0.4, -0.2) is 47.3 Å². The number of hydrogen-bond acceptors (Lipinski definition) is 3. The van der Waals surface area contributed by atoms with E-state index >= 15 is 0 Å². The fourth-order valence-electron chi connectivity index (χ4n) is 9.80. The summed E-state index contributed by atoms with van der Waals surface area (Å²) in [6.07, 6.45) is 10.1. The summed E-state index contributed by atoms with van der Waals surface area (Å²) >= 11 is 0. The van der Waals surface area contributed by atoms with Crippen molar-refractivity contribution < 1.29 is 5.11 Å². The number of likely N-dealkylation sites (tertiary alicyclic amines) is 1. The minimum Gasteiger partial charge on any atom is -0.388 e. The zero-order chi connectivity index (χ0) is 15.6. The maximum Gasteiger partial charge on any atom is 0.0838 e. The first-order valence-corrected chi connectivity index (χ1v) is 11.0. The van der Waals surface area contributed by atoms with Gasteiger partial charge in [0.05, 0.1) is 5.60 Å². The maximum atomic E-state index is 11.7. The molecule has 132 valence electrons. The Kier molecular flexibility index (Phi) is 2.57. The number of nitrogens with one attached hydrogen (secondary N) is 1. The summed E-state index contributed by atoms with van der Waals surface area (Å²) in [6.45, 7) is 3.34. The molecule has 24 heavy (non-hydrogen) atoms. The van der Waals surface area contributed by atoms with Gasteiger partial charge in [-0.1, -0.05) is 12.8 Å². The molecule has 1 aliphatic heterocycles. The van der Waals surface area contributed by atoms with Crippen molar-refractivity contribution >= 4 is 0 Å². The summed E-state index contributed by atoms with van der Waals surface area (Å²) in [4.78, 5) is 2.77. The average molecular weight is 328 g/mol. The summed E-state index contributed by atoms with van der Waals surface area (Å²) in [5.41, 5.74) is -0.327. The Morgan fingerprint density at radius 3 is 2.50 bits per heavy atom. The zero-order valence-corrected chi connectivity index (χ0v) is 14.7. The van der Waals surface area contributed by atoms with Crippen molar-refractivity contribution in [1.29, 1.82) is 0 Å². The van der Waals surface area contributed by atoms with E-state index in [9.17, 15) is 5.11 Å². The lowest BCUT2D eigenvalue weighted by molar-refractivity contribution is -0.128. The quantitative estimate of drug-likeness (QED) is 0.811. The lowest BCUT2D eigenvalue weighted by atomic mass is 9.56. The Hall–Kier alpha value is -0.120. The van der Waals surface area contributed by atoms with Crippen LogP contribution in [-0.2, 0) is 0 Å². The predicted octanol–water partition coefficient (Wildman–Crippen LogP) is 2.10. The highest BCUT2D eigenvalue weighted by Gasteiger charge is 2.84. The Bertz CT molecular complexity index is 568. The van der Waals surface area contributed by atoms with Crippen molar-refractivity contribution in [3.8, 4) is 0 Å². The predicted molar refractivity (Wildman–Crippen MR) is 92.3 cm³/mol. The SMILES string of the molecule is OC1(CNCC2CCN2C2CCCC2)C2C3CC4C5C3CC2C5C41. The summed E-state index contributed by atoms with van der Waals surface area (Å²) in [7, 11) is 0. The third kappa shape index (κ3) is 1.39. The smallest absolute Gasteiger partial charge is 0.0838 e. The zero-order valence-electron chi connectivity index (χ0n) is 14.7. The van der Waals surface area contributed by atoms with Gasteiger partial charge in [-0.3, -0.25) is 4.90 Å². The van der Waals surface area contributed by atoms with Crippen LogP contribution < -0.4 is 5.32 Å². The lowest BCUT2D eigenvalue weighted by Gasteiger charge is -2.52. The van der Waals surface area contributed by atoms with Crippen molar-refractivity contribution in [2.45, 2.75) is 62.6 Å². The minimum absolute atomic E-state index is 0.327. The van der Waals surface area contributed by atoms with Crippen LogP contribution in [0, 0.1) is 47.3 Å². The Morgan fingerprint density at radius 1 is 0.917 bits per heavy atom. The molecule has 3 heteroatoms. The minimum atomic E-state index is -0.327. The Labute approximate surface area is 145 Å². The highest BCUT2D eigenvalue weighted by Crippen LogP contribution is 2.85. The molecule has 0 spiro atoms. The summed E-state index contributed by atoms with van der Waals surface area (Å²) < 4.78 is 0. The van der Waals surface area contributed by atoms with Gasteiger partial charge in [-0.25, -0.2) is 0 Å². The molecular formula is C21H32N2O. The Morgan fingerprint density at radius 2 is 1.71 bits per heavy atom. The van der Waals surface area contributed by atoms with Crippen molar-refractivity contribution in [1.82, 2.24) is 10.2 Å². The summed E-state index contributed by atoms with van der Waals surface area (Å²) in [6, 6.07) is 1.64. The summed E-state index contributed by atoms with van der Waals surface area (Å²) in [5, 5.41) is 15.5. The van der Waals surface area contributed by atoms with Crippen LogP contribution >= 0.6 is 0 Å². The topological polar surface area (TPSA) is 35.5 Å². The molecule has 6 saturated carbocycles. The molecule has 10 unspecified atom stereocenters. The van der Waals surface area contributed by atoms with Gasteiger partial charge in [0.25, 0.3) is 0 Å². The molecule has 7 fully saturated rings. The van der Waals surface area contributed by atoms with Crippen LogP contribution in [0.5, 0.6) is 0 Å². The molecule has 7 aliphatic rings. The van der Waals surface area contributed by atoms with Crippen molar-refractivity contribution in [2.24, 2.45) is 47.3 Å². The highest BCUT2D eigenvalue weighted by atomic mass is 16.3. The molecule has 3 nitrogen and oxygen atoms in total. The molecule has 2 bridgehead atoms. The number of rotatable bonds is 5. The van der Waals surface area contributed by atoms with Gasteiger partial charge in [0.2, 0.25) is 0 Å². The largest absolute Gasteiger partial charge is 0.388 e. The van der Waals surface area contributed by atoms with Gasteiger partial charge in [0, 0.05) is 31.7 Å². The van der Waals surface area contributed by atoms with Crippen LogP contribution in [0.4, 0.5) is 0 Å². The van der Waals surface area contributed by atoms with Crippen LogP contribution in [0.1, 0.15) is 44.9 Å². The second-order valence-corrected chi connectivity index (χ2v) is 10.6. The van der Waals surface area contributed by atoms with E-state index in [2.05, 4.69) is 10.2 Å². The molecule has 0 radical (unpaired) electrons. The molecule has 0 aromatic heterocycles. The molecule has 6 aliphatic carbocycles. The third-order valence-corrected chi connectivity index (χ3v) is 10.3. The number of nitrogens with zero attached hydrogens (tertiary/aromatic N) is 1. The number of fused-ring (bicyclic) bond motifs is 2. The molecular weight excluding hydrogens is 296 g/mol. The monoisotopic (exact) mass is 328 g/mol.